The van der Waals surface area contributed by atoms with Crippen molar-refractivity contribution in [3.05, 3.63) is 82.9 Å². The molecule has 6 rings (SSSR count). The largest absolute Gasteiger partial charge is 0.386 e. The second-order valence-corrected chi connectivity index (χ2v) is 11.3. The summed E-state index contributed by atoms with van der Waals surface area (Å²) in [6.07, 6.45) is 4.25. The van der Waals surface area contributed by atoms with Gasteiger partial charge in [-0.25, -0.2) is 22.5 Å². The van der Waals surface area contributed by atoms with Crippen LogP contribution >= 0.6 is 0 Å². The zero-order valence-corrected chi connectivity index (χ0v) is 23.2. The summed E-state index contributed by atoms with van der Waals surface area (Å²) < 4.78 is 70.3. The topological polar surface area (TPSA) is 65.1 Å². The van der Waals surface area contributed by atoms with Gasteiger partial charge in [-0.15, -0.1) is 0 Å². The van der Waals surface area contributed by atoms with Gasteiger partial charge in [-0.05, 0) is 63.3 Å². The summed E-state index contributed by atoms with van der Waals surface area (Å²) in [4.78, 5) is 9.03. The molecule has 0 bridgehead atoms. The molecule has 6 nitrogen and oxygen atoms in total. The molecule has 1 N–H and O–H groups in total. The molecular formula is C31H30F4N4O2. The first-order valence-corrected chi connectivity index (χ1v) is 13.5. The molecule has 5 aromatic rings. The number of fused-ring (bicyclic) bond motifs is 3. The Morgan fingerprint density at radius 3 is 2.24 bits per heavy atom. The quantitative estimate of drug-likeness (QED) is 0.241. The Kier molecular flexibility index (Phi) is 6.66. The average molecular weight is 567 g/mol. The average Bonchev–Trinajstić information content (AvgIpc) is 3.41. The lowest BCUT2D eigenvalue weighted by atomic mass is 9.86. The van der Waals surface area contributed by atoms with Crippen LogP contribution in [0.25, 0.3) is 33.2 Å². The predicted octanol–water partition coefficient (Wildman–Crippen LogP) is 6.70. The van der Waals surface area contributed by atoms with Crippen LogP contribution in [-0.2, 0) is 17.4 Å². The van der Waals surface area contributed by atoms with E-state index in [2.05, 4.69) is 9.97 Å². The van der Waals surface area contributed by atoms with Gasteiger partial charge < -0.3 is 19.0 Å². The van der Waals surface area contributed by atoms with Gasteiger partial charge in [0.2, 0.25) is 0 Å². The van der Waals surface area contributed by atoms with Crippen molar-refractivity contribution in [2.24, 2.45) is 13.0 Å². The maximum atomic E-state index is 15.9. The van der Waals surface area contributed by atoms with Gasteiger partial charge in [-0.2, -0.15) is 0 Å². The lowest BCUT2D eigenvalue weighted by molar-refractivity contribution is 0.0543. The Morgan fingerprint density at radius 2 is 1.63 bits per heavy atom. The van der Waals surface area contributed by atoms with Crippen molar-refractivity contribution in [1.82, 2.24) is 19.1 Å². The summed E-state index contributed by atoms with van der Waals surface area (Å²) in [6, 6.07) is 5.08. The standard InChI is InChI=1S/C31H30F4N4O2/c1-16-29(38(4)15-37-16)18-9-25-28(36-14-18)27-21(33)10-19(31(2,3)40)11-24(27)39(25)30(17-5-7-41-8-6-17)26-22(34)12-20(32)13-23(26)35/h9-15,17,30,40H,5-8H2,1-4H3. The summed E-state index contributed by atoms with van der Waals surface area (Å²) in [5.74, 6) is -4.03. The number of benzene rings is 2. The fraction of sp³-hybridized carbons (Fsp3) is 0.355. The molecule has 214 valence electrons. The van der Waals surface area contributed by atoms with Gasteiger partial charge in [0.15, 0.2) is 0 Å². The number of aromatic nitrogens is 4. The van der Waals surface area contributed by atoms with E-state index in [1.165, 1.54) is 19.9 Å². The van der Waals surface area contributed by atoms with Crippen LogP contribution in [0.4, 0.5) is 17.6 Å². The van der Waals surface area contributed by atoms with Gasteiger partial charge in [-0.3, -0.25) is 4.98 Å². The van der Waals surface area contributed by atoms with Crippen LogP contribution in [0, 0.1) is 36.1 Å². The van der Waals surface area contributed by atoms with E-state index in [0.717, 1.165) is 11.4 Å². The van der Waals surface area contributed by atoms with E-state index in [9.17, 15) is 9.50 Å². The molecule has 0 saturated carbocycles. The highest BCUT2D eigenvalue weighted by Crippen LogP contribution is 2.44. The van der Waals surface area contributed by atoms with Crippen LogP contribution in [0.5, 0.6) is 0 Å². The number of aryl methyl sites for hydroxylation is 2. The third-order valence-corrected chi connectivity index (χ3v) is 8.12. The molecule has 1 aliphatic heterocycles. The molecule has 0 amide bonds. The third kappa shape index (κ3) is 4.59. The van der Waals surface area contributed by atoms with Crippen LogP contribution in [0.2, 0.25) is 0 Å². The summed E-state index contributed by atoms with van der Waals surface area (Å²) in [6.45, 7) is 5.70. The van der Waals surface area contributed by atoms with E-state index in [1.807, 2.05) is 24.6 Å². The lowest BCUT2D eigenvalue weighted by Crippen LogP contribution is -2.28. The van der Waals surface area contributed by atoms with Crippen molar-refractivity contribution in [3.8, 4) is 11.3 Å². The fourth-order valence-corrected chi connectivity index (χ4v) is 6.16. The number of hydrogen-bond acceptors (Lipinski definition) is 4. The molecule has 1 aliphatic rings. The van der Waals surface area contributed by atoms with Gasteiger partial charge in [0, 0.05) is 49.7 Å². The number of ether oxygens (including phenoxy) is 1. The maximum absolute atomic E-state index is 15.9. The zero-order chi connectivity index (χ0) is 29.2. The van der Waals surface area contributed by atoms with Gasteiger partial charge in [-0.1, -0.05) is 0 Å². The van der Waals surface area contributed by atoms with Crippen LogP contribution < -0.4 is 0 Å². The van der Waals surface area contributed by atoms with Crippen molar-refractivity contribution < 1.29 is 27.4 Å². The van der Waals surface area contributed by atoms with Crippen molar-refractivity contribution >= 4 is 21.9 Å². The first kappa shape index (κ1) is 27.4. The minimum Gasteiger partial charge on any atom is -0.386 e. The van der Waals surface area contributed by atoms with Gasteiger partial charge in [0.05, 0.1) is 51.3 Å². The SMILES string of the molecule is Cc1ncn(C)c1-c1cnc2c3c(F)cc(C(C)(C)O)cc3n(C(c3c(F)cc(F)cc3F)C3CCOCC3)c2c1. The Morgan fingerprint density at radius 1 is 0.951 bits per heavy atom. The Balaban J connectivity index is 1.76. The van der Waals surface area contributed by atoms with E-state index in [-0.39, 0.29) is 16.9 Å². The maximum Gasteiger partial charge on any atom is 0.135 e. The van der Waals surface area contributed by atoms with Crippen molar-refractivity contribution in [3.63, 3.8) is 0 Å². The van der Waals surface area contributed by atoms with Crippen molar-refractivity contribution in [1.29, 1.82) is 0 Å². The summed E-state index contributed by atoms with van der Waals surface area (Å²) >= 11 is 0. The molecule has 1 fully saturated rings. The third-order valence-electron chi connectivity index (χ3n) is 8.12. The highest BCUT2D eigenvalue weighted by Gasteiger charge is 2.35. The van der Waals surface area contributed by atoms with Crippen molar-refractivity contribution in [2.75, 3.05) is 13.2 Å². The summed E-state index contributed by atoms with van der Waals surface area (Å²) in [5.41, 5.74) is 1.89. The number of hydrogen-bond donors (Lipinski definition) is 1. The van der Waals surface area contributed by atoms with Gasteiger partial charge >= 0.3 is 0 Å². The smallest absolute Gasteiger partial charge is 0.135 e. The lowest BCUT2D eigenvalue weighted by Gasteiger charge is -2.33. The molecule has 0 spiro atoms. The molecule has 4 heterocycles. The van der Waals surface area contributed by atoms with Crippen LogP contribution in [-0.4, -0.2) is 37.4 Å². The molecule has 1 unspecified atom stereocenters. The highest BCUT2D eigenvalue weighted by atomic mass is 19.1. The number of aliphatic hydroxyl groups is 1. The molecular weight excluding hydrogens is 536 g/mol. The molecule has 41 heavy (non-hydrogen) atoms. The minimum absolute atomic E-state index is 0.168. The van der Waals surface area contributed by atoms with Crippen LogP contribution in [0.1, 0.15) is 49.6 Å². The molecule has 2 aromatic carbocycles. The number of nitrogens with zero attached hydrogens (tertiary/aromatic N) is 4. The fourth-order valence-electron chi connectivity index (χ4n) is 6.16. The highest BCUT2D eigenvalue weighted by molar-refractivity contribution is 6.07. The number of rotatable bonds is 5. The zero-order valence-electron chi connectivity index (χ0n) is 23.2. The number of halogens is 4. The van der Waals surface area contributed by atoms with E-state index in [4.69, 9.17) is 4.74 Å². The monoisotopic (exact) mass is 566 g/mol. The first-order chi connectivity index (χ1) is 19.5. The van der Waals surface area contributed by atoms with E-state index >= 15 is 13.2 Å². The van der Waals surface area contributed by atoms with E-state index in [1.54, 1.807) is 23.2 Å². The molecule has 0 aliphatic carbocycles. The first-order valence-electron chi connectivity index (χ1n) is 13.5. The summed E-state index contributed by atoms with van der Waals surface area (Å²) in [5, 5.41) is 11.0. The predicted molar refractivity (Wildman–Crippen MR) is 147 cm³/mol. The minimum atomic E-state index is -1.40. The van der Waals surface area contributed by atoms with E-state index in [0.29, 0.717) is 65.9 Å². The van der Waals surface area contributed by atoms with Crippen molar-refractivity contribution in [2.45, 2.75) is 45.3 Å². The van der Waals surface area contributed by atoms with Crippen LogP contribution in [0.3, 0.4) is 0 Å². The normalized spacial score (nSPS) is 15.7. The Hall–Kier alpha value is -3.76. The second kappa shape index (κ2) is 9.95. The van der Waals surface area contributed by atoms with Gasteiger partial charge in [0.1, 0.15) is 23.3 Å². The second-order valence-electron chi connectivity index (χ2n) is 11.3. The molecule has 3 aromatic heterocycles. The van der Waals surface area contributed by atoms with E-state index < -0.39 is 34.9 Å². The molecule has 10 heteroatoms. The number of imidazole rings is 1. The molecule has 1 atom stereocenters. The Bertz CT molecular complexity index is 1760. The van der Waals surface area contributed by atoms with Gasteiger partial charge in [0.25, 0.3) is 0 Å². The summed E-state index contributed by atoms with van der Waals surface area (Å²) in [7, 11) is 1.85. The molecule has 1 saturated heterocycles. The number of pyridine rings is 1. The molecule has 0 radical (unpaired) electrons. The Labute approximate surface area is 234 Å². The van der Waals surface area contributed by atoms with Crippen LogP contribution in [0.15, 0.2) is 42.9 Å².